The standard InChI is InChI=1S/C14H12N4O2/c1-8-3-2-6-16-12(8)13-17-14(20-18-13)9-4-5-11(19)10(15)7-9/h2-7,19H,15H2,1H3. The largest absolute Gasteiger partial charge is 0.506 e. The molecule has 3 rings (SSSR count). The number of nitrogen functional groups attached to an aromatic ring is 1. The lowest BCUT2D eigenvalue weighted by molar-refractivity contribution is 0.432. The van der Waals surface area contributed by atoms with E-state index in [9.17, 15) is 5.11 Å². The Morgan fingerprint density at radius 1 is 1.25 bits per heavy atom. The number of nitrogens with two attached hydrogens (primary N) is 1. The van der Waals surface area contributed by atoms with Gasteiger partial charge in [-0.2, -0.15) is 4.98 Å². The molecule has 0 aliphatic rings. The molecule has 6 heteroatoms. The van der Waals surface area contributed by atoms with Gasteiger partial charge in [-0.15, -0.1) is 0 Å². The minimum Gasteiger partial charge on any atom is -0.506 e. The van der Waals surface area contributed by atoms with Gasteiger partial charge in [0, 0.05) is 11.8 Å². The van der Waals surface area contributed by atoms with Gasteiger partial charge in [0.05, 0.1) is 5.69 Å². The van der Waals surface area contributed by atoms with Crippen LogP contribution in [0.2, 0.25) is 0 Å². The predicted molar refractivity (Wildman–Crippen MR) is 73.8 cm³/mol. The lowest BCUT2D eigenvalue weighted by Crippen LogP contribution is -1.89. The average molecular weight is 268 g/mol. The molecule has 0 amide bonds. The molecule has 0 saturated heterocycles. The summed E-state index contributed by atoms with van der Waals surface area (Å²) in [5.74, 6) is 0.774. The molecule has 0 fully saturated rings. The van der Waals surface area contributed by atoms with Crippen molar-refractivity contribution in [2.75, 3.05) is 5.73 Å². The molecule has 2 heterocycles. The van der Waals surface area contributed by atoms with E-state index < -0.39 is 0 Å². The molecule has 0 bridgehead atoms. The third-order valence-corrected chi connectivity index (χ3v) is 2.92. The number of anilines is 1. The SMILES string of the molecule is Cc1cccnc1-c1noc(-c2ccc(O)c(N)c2)n1. The Morgan fingerprint density at radius 2 is 2.10 bits per heavy atom. The van der Waals surface area contributed by atoms with Crippen molar-refractivity contribution in [3.8, 4) is 28.7 Å². The zero-order valence-electron chi connectivity index (χ0n) is 10.7. The summed E-state index contributed by atoms with van der Waals surface area (Å²) in [5, 5.41) is 13.3. The van der Waals surface area contributed by atoms with Gasteiger partial charge in [-0.1, -0.05) is 11.2 Å². The Kier molecular flexibility index (Phi) is 2.83. The second-order valence-electron chi connectivity index (χ2n) is 4.37. The zero-order valence-corrected chi connectivity index (χ0v) is 10.7. The van der Waals surface area contributed by atoms with Crippen molar-refractivity contribution < 1.29 is 9.63 Å². The van der Waals surface area contributed by atoms with Gasteiger partial charge in [-0.05, 0) is 36.8 Å². The summed E-state index contributed by atoms with van der Waals surface area (Å²) in [5.41, 5.74) is 8.19. The van der Waals surface area contributed by atoms with Crippen molar-refractivity contribution in [2.24, 2.45) is 0 Å². The first-order chi connectivity index (χ1) is 9.65. The Bertz CT molecular complexity index is 767. The van der Waals surface area contributed by atoms with E-state index in [-0.39, 0.29) is 11.4 Å². The van der Waals surface area contributed by atoms with E-state index in [2.05, 4.69) is 15.1 Å². The maximum Gasteiger partial charge on any atom is 0.258 e. The number of aryl methyl sites for hydroxylation is 1. The molecule has 6 nitrogen and oxygen atoms in total. The maximum atomic E-state index is 9.41. The minimum atomic E-state index is 0.0223. The summed E-state index contributed by atoms with van der Waals surface area (Å²) in [6.45, 7) is 1.93. The summed E-state index contributed by atoms with van der Waals surface area (Å²) >= 11 is 0. The highest BCUT2D eigenvalue weighted by molar-refractivity contribution is 5.66. The Hall–Kier alpha value is -2.89. The highest BCUT2D eigenvalue weighted by atomic mass is 16.5. The molecule has 2 aromatic heterocycles. The van der Waals surface area contributed by atoms with Crippen LogP contribution in [0, 0.1) is 6.92 Å². The first kappa shape index (κ1) is 12.2. The normalized spacial score (nSPS) is 10.7. The fourth-order valence-electron chi connectivity index (χ4n) is 1.84. The fourth-order valence-corrected chi connectivity index (χ4v) is 1.84. The van der Waals surface area contributed by atoms with Crippen LogP contribution in [0.5, 0.6) is 5.75 Å². The van der Waals surface area contributed by atoms with E-state index in [1.807, 2.05) is 19.1 Å². The van der Waals surface area contributed by atoms with Crippen LogP contribution in [0.4, 0.5) is 5.69 Å². The van der Waals surface area contributed by atoms with Crippen LogP contribution in [0.3, 0.4) is 0 Å². The maximum absolute atomic E-state index is 9.41. The summed E-state index contributed by atoms with van der Waals surface area (Å²) < 4.78 is 5.22. The van der Waals surface area contributed by atoms with Gasteiger partial charge in [0.2, 0.25) is 5.82 Å². The van der Waals surface area contributed by atoms with Crippen LogP contribution in [-0.4, -0.2) is 20.2 Å². The van der Waals surface area contributed by atoms with Crippen molar-refractivity contribution in [1.82, 2.24) is 15.1 Å². The number of hydrogen-bond donors (Lipinski definition) is 2. The van der Waals surface area contributed by atoms with Crippen LogP contribution in [0.1, 0.15) is 5.56 Å². The Labute approximate surface area is 114 Å². The molecule has 0 radical (unpaired) electrons. The second-order valence-corrected chi connectivity index (χ2v) is 4.37. The zero-order chi connectivity index (χ0) is 14.1. The molecular formula is C14H12N4O2. The van der Waals surface area contributed by atoms with Crippen LogP contribution in [-0.2, 0) is 0 Å². The number of nitrogens with zero attached hydrogens (tertiary/aromatic N) is 3. The van der Waals surface area contributed by atoms with Crippen molar-refractivity contribution >= 4 is 5.69 Å². The highest BCUT2D eigenvalue weighted by Gasteiger charge is 2.14. The molecule has 100 valence electrons. The smallest absolute Gasteiger partial charge is 0.258 e. The minimum absolute atomic E-state index is 0.0223. The third-order valence-electron chi connectivity index (χ3n) is 2.92. The first-order valence-corrected chi connectivity index (χ1v) is 5.99. The summed E-state index contributed by atoms with van der Waals surface area (Å²) in [6, 6.07) is 8.50. The van der Waals surface area contributed by atoms with E-state index in [0.29, 0.717) is 23.0 Å². The van der Waals surface area contributed by atoms with Gasteiger partial charge >= 0.3 is 0 Å². The van der Waals surface area contributed by atoms with Gasteiger partial charge < -0.3 is 15.4 Å². The monoisotopic (exact) mass is 268 g/mol. The fraction of sp³-hybridized carbons (Fsp3) is 0.0714. The van der Waals surface area contributed by atoms with E-state index in [1.54, 1.807) is 18.3 Å². The number of hydrogen-bond acceptors (Lipinski definition) is 6. The molecule has 0 aliphatic carbocycles. The number of aromatic hydroxyl groups is 1. The predicted octanol–water partition coefficient (Wildman–Crippen LogP) is 2.39. The lowest BCUT2D eigenvalue weighted by atomic mass is 10.2. The highest BCUT2D eigenvalue weighted by Crippen LogP contribution is 2.28. The van der Waals surface area contributed by atoms with Crippen molar-refractivity contribution in [2.45, 2.75) is 6.92 Å². The number of rotatable bonds is 2. The van der Waals surface area contributed by atoms with Gasteiger partial charge in [-0.3, -0.25) is 4.98 Å². The molecule has 20 heavy (non-hydrogen) atoms. The van der Waals surface area contributed by atoms with Crippen LogP contribution in [0.15, 0.2) is 41.1 Å². The molecule has 0 saturated carbocycles. The molecule has 0 spiro atoms. The number of pyridine rings is 1. The molecular weight excluding hydrogens is 256 g/mol. The van der Waals surface area contributed by atoms with Crippen molar-refractivity contribution in [3.05, 3.63) is 42.1 Å². The first-order valence-electron chi connectivity index (χ1n) is 5.99. The van der Waals surface area contributed by atoms with Crippen molar-refractivity contribution in [3.63, 3.8) is 0 Å². The summed E-state index contributed by atoms with van der Waals surface area (Å²) in [4.78, 5) is 8.54. The van der Waals surface area contributed by atoms with Crippen LogP contribution in [0.25, 0.3) is 23.0 Å². The van der Waals surface area contributed by atoms with Crippen LogP contribution >= 0.6 is 0 Å². The molecule has 3 N–H and O–H groups in total. The molecule has 1 aromatic carbocycles. The van der Waals surface area contributed by atoms with Crippen LogP contribution < -0.4 is 5.73 Å². The summed E-state index contributed by atoms with van der Waals surface area (Å²) in [6.07, 6.45) is 1.68. The van der Waals surface area contributed by atoms with E-state index in [4.69, 9.17) is 10.3 Å². The molecule has 0 unspecified atom stereocenters. The number of benzene rings is 1. The van der Waals surface area contributed by atoms with Gasteiger partial charge in [0.15, 0.2) is 0 Å². The van der Waals surface area contributed by atoms with Crippen molar-refractivity contribution in [1.29, 1.82) is 0 Å². The van der Waals surface area contributed by atoms with E-state index >= 15 is 0 Å². The number of phenols is 1. The average Bonchev–Trinajstić information content (AvgIpc) is 2.92. The molecule has 0 atom stereocenters. The topological polar surface area (TPSA) is 98.1 Å². The summed E-state index contributed by atoms with van der Waals surface area (Å²) in [7, 11) is 0. The molecule has 0 aliphatic heterocycles. The van der Waals surface area contributed by atoms with E-state index in [1.165, 1.54) is 6.07 Å². The van der Waals surface area contributed by atoms with Gasteiger partial charge in [-0.25, -0.2) is 0 Å². The lowest BCUT2D eigenvalue weighted by Gasteiger charge is -1.99. The quantitative estimate of drug-likeness (QED) is 0.547. The van der Waals surface area contributed by atoms with Gasteiger partial charge in [0.25, 0.3) is 5.89 Å². The number of phenolic OH excluding ortho intramolecular Hbond substituents is 1. The Morgan fingerprint density at radius 3 is 2.85 bits per heavy atom. The van der Waals surface area contributed by atoms with Gasteiger partial charge in [0.1, 0.15) is 11.4 Å². The molecule has 3 aromatic rings. The third kappa shape index (κ3) is 2.07. The van der Waals surface area contributed by atoms with E-state index in [0.717, 1.165) is 5.56 Å². The second kappa shape index (κ2) is 4.65. The number of aromatic nitrogens is 3. The Balaban J connectivity index is 2.02.